The van der Waals surface area contributed by atoms with Crippen molar-refractivity contribution in [2.45, 2.75) is 0 Å². The highest BCUT2D eigenvalue weighted by Gasteiger charge is 2.07. The first-order valence-corrected chi connectivity index (χ1v) is 8.58. The number of aromatic nitrogens is 1. The fourth-order valence-corrected chi connectivity index (χ4v) is 2.70. The number of benzene rings is 3. The molecule has 0 aliphatic rings. The number of para-hydroxylation sites is 2. The molecular formula is C22H15ClN2O. The standard InChI is InChI=1S/C22H15ClN2O/c23-18-12-10-16(11-13-18)5-4-14-24-19-7-3-6-17(15-19)22-25-20-8-1-2-9-21(20)26-22/h1-15H. The first-order chi connectivity index (χ1) is 12.8. The summed E-state index contributed by atoms with van der Waals surface area (Å²) in [4.78, 5) is 9.00. The van der Waals surface area contributed by atoms with Crippen LogP contribution in [0.2, 0.25) is 5.02 Å². The van der Waals surface area contributed by atoms with E-state index >= 15 is 0 Å². The highest BCUT2D eigenvalue weighted by molar-refractivity contribution is 6.30. The Labute approximate surface area is 156 Å². The lowest BCUT2D eigenvalue weighted by Gasteiger charge is -1.97. The number of halogens is 1. The van der Waals surface area contributed by atoms with E-state index in [1.54, 1.807) is 6.21 Å². The Bertz CT molecular complexity index is 1060. The highest BCUT2D eigenvalue weighted by atomic mass is 35.5. The van der Waals surface area contributed by atoms with Crippen LogP contribution in [-0.4, -0.2) is 11.2 Å². The molecule has 0 aliphatic heterocycles. The second kappa shape index (κ2) is 7.38. The Hall–Kier alpha value is -3.17. The third-order valence-electron chi connectivity index (χ3n) is 3.86. The predicted molar refractivity (Wildman–Crippen MR) is 108 cm³/mol. The maximum absolute atomic E-state index is 5.88. The Balaban J connectivity index is 1.52. The van der Waals surface area contributed by atoms with Crippen LogP contribution in [0.25, 0.3) is 28.6 Å². The molecule has 0 atom stereocenters. The Morgan fingerprint density at radius 2 is 1.77 bits per heavy atom. The number of hydrogen-bond donors (Lipinski definition) is 0. The van der Waals surface area contributed by atoms with Gasteiger partial charge in [0.2, 0.25) is 5.89 Å². The van der Waals surface area contributed by atoms with Crippen LogP contribution in [-0.2, 0) is 0 Å². The lowest BCUT2D eigenvalue weighted by molar-refractivity contribution is 0.620. The Morgan fingerprint density at radius 3 is 2.62 bits per heavy atom. The minimum Gasteiger partial charge on any atom is -0.436 e. The predicted octanol–water partition coefficient (Wildman–Crippen LogP) is 6.56. The van der Waals surface area contributed by atoms with Crippen molar-refractivity contribution in [1.29, 1.82) is 0 Å². The van der Waals surface area contributed by atoms with Gasteiger partial charge in [0.15, 0.2) is 5.58 Å². The van der Waals surface area contributed by atoms with E-state index in [-0.39, 0.29) is 0 Å². The van der Waals surface area contributed by atoms with E-state index in [1.807, 2.05) is 84.9 Å². The molecule has 0 fully saturated rings. The fourth-order valence-electron chi connectivity index (χ4n) is 2.57. The summed E-state index contributed by atoms with van der Waals surface area (Å²) in [5.41, 5.74) is 4.44. The molecule has 4 rings (SSSR count). The monoisotopic (exact) mass is 358 g/mol. The second-order valence-corrected chi connectivity index (χ2v) is 6.16. The van der Waals surface area contributed by atoms with Gasteiger partial charge in [-0.3, -0.25) is 4.99 Å². The van der Waals surface area contributed by atoms with Crippen molar-refractivity contribution in [3.05, 3.63) is 89.5 Å². The fraction of sp³-hybridized carbons (Fsp3) is 0. The number of aliphatic imine (C=N–C) groups is 1. The molecule has 4 heteroatoms. The molecule has 0 spiro atoms. The number of allylic oxidation sites excluding steroid dienone is 1. The highest BCUT2D eigenvalue weighted by Crippen LogP contribution is 2.26. The molecule has 0 N–H and O–H groups in total. The molecule has 0 aliphatic carbocycles. The molecule has 0 bridgehead atoms. The lowest BCUT2D eigenvalue weighted by Crippen LogP contribution is -1.77. The van der Waals surface area contributed by atoms with Crippen LogP contribution in [0.4, 0.5) is 5.69 Å². The van der Waals surface area contributed by atoms with Crippen LogP contribution in [0.1, 0.15) is 5.56 Å². The lowest BCUT2D eigenvalue weighted by atomic mass is 10.2. The van der Waals surface area contributed by atoms with Crippen LogP contribution >= 0.6 is 11.6 Å². The molecule has 126 valence electrons. The van der Waals surface area contributed by atoms with Gasteiger partial charge in [0.25, 0.3) is 0 Å². The van der Waals surface area contributed by atoms with Crippen LogP contribution in [0.3, 0.4) is 0 Å². The van der Waals surface area contributed by atoms with Crippen molar-refractivity contribution in [1.82, 2.24) is 4.98 Å². The van der Waals surface area contributed by atoms with E-state index in [4.69, 9.17) is 16.0 Å². The molecule has 0 unspecified atom stereocenters. The second-order valence-electron chi connectivity index (χ2n) is 5.73. The average molecular weight is 359 g/mol. The molecule has 26 heavy (non-hydrogen) atoms. The van der Waals surface area contributed by atoms with Gasteiger partial charge in [0.05, 0.1) is 5.69 Å². The van der Waals surface area contributed by atoms with Crippen LogP contribution in [0.5, 0.6) is 0 Å². The number of rotatable bonds is 4. The summed E-state index contributed by atoms with van der Waals surface area (Å²) in [7, 11) is 0. The van der Waals surface area contributed by atoms with Gasteiger partial charge in [-0.05, 0) is 54.1 Å². The van der Waals surface area contributed by atoms with Gasteiger partial charge in [-0.25, -0.2) is 4.98 Å². The molecule has 1 heterocycles. The number of hydrogen-bond acceptors (Lipinski definition) is 3. The zero-order valence-corrected chi connectivity index (χ0v) is 14.6. The average Bonchev–Trinajstić information content (AvgIpc) is 3.11. The van der Waals surface area contributed by atoms with E-state index in [0.29, 0.717) is 5.89 Å². The maximum atomic E-state index is 5.88. The van der Waals surface area contributed by atoms with Gasteiger partial charge >= 0.3 is 0 Å². The minimum absolute atomic E-state index is 0.597. The van der Waals surface area contributed by atoms with Gasteiger partial charge in [-0.15, -0.1) is 0 Å². The van der Waals surface area contributed by atoms with E-state index in [1.165, 1.54) is 0 Å². The summed E-state index contributed by atoms with van der Waals surface area (Å²) in [5.74, 6) is 0.597. The largest absolute Gasteiger partial charge is 0.436 e. The van der Waals surface area contributed by atoms with Crippen molar-refractivity contribution in [3.63, 3.8) is 0 Å². The number of nitrogens with zero attached hydrogens (tertiary/aromatic N) is 2. The van der Waals surface area contributed by atoms with Crippen LogP contribution in [0.15, 0.2) is 88.3 Å². The summed E-state index contributed by atoms with van der Waals surface area (Å²) in [6.45, 7) is 0. The van der Waals surface area contributed by atoms with Crippen molar-refractivity contribution in [3.8, 4) is 11.5 Å². The van der Waals surface area contributed by atoms with Crippen molar-refractivity contribution in [2.24, 2.45) is 4.99 Å². The van der Waals surface area contributed by atoms with Gasteiger partial charge in [0.1, 0.15) is 5.52 Å². The van der Waals surface area contributed by atoms with Crippen molar-refractivity contribution in [2.75, 3.05) is 0 Å². The summed E-state index contributed by atoms with van der Waals surface area (Å²) >= 11 is 5.88. The molecule has 0 amide bonds. The summed E-state index contributed by atoms with van der Waals surface area (Å²) in [6.07, 6.45) is 5.64. The Kier molecular flexibility index (Phi) is 4.63. The van der Waals surface area contributed by atoms with E-state index in [0.717, 1.165) is 32.9 Å². The van der Waals surface area contributed by atoms with E-state index in [9.17, 15) is 0 Å². The molecular weight excluding hydrogens is 344 g/mol. The summed E-state index contributed by atoms with van der Waals surface area (Å²) in [6, 6.07) is 23.2. The molecule has 0 saturated heterocycles. The third-order valence-corrected chi connectivity index (χ3v) is 4.11. The minimum atomic E-state index is 0.597. The van der Waals surface area contributed by atoms with Gasteiger partial charge in [-0.2, -0.15) is 0 Å². The zero-order chi connectivity index (χ0) is 17.8. The first-order valence-electron chi connectivity index (χ1n) is 8.20. The van der Waals surface area contributed by atoms with Crippen LogP contribution in [0, 0.1) is 0 Å². The number of oxazole rings is 1. The number of fused-ring (bicyclic) bond motifs is 1. The molecule has 4 aromatic rings. The van der Waals surface area contributed by atoms with Crippen LogP contribution < -0.4 is 0 Å². The molecule has 1 aromatic heterocycles. The summed E-state index contributed by atoms with van der Waals surface area (Å²) in [5, 5.41) is 0.729. The molecule has 3 nitrogen and oxygen atoms in total. The van der Waals surface area contributed by atoms with Gasteiger partial charge in [-0.1, -0.05) is 48.0 Å². The normalized spacial score (nSPS) is 11.7. The maximum Gasteiger partial charge on any atom is 0.227 e. The summed E-state index contributed by atoms with van der Waals surface area (Å²) < 4.78 is 5.81. The molecule has 3 aromatic carbocycles. The quantitative estimate of drug-likeness (QED) is 0.387. The van der Waals surface area contributed by atoms with E-state index < -0.39 is 0 Å². The topological polar surface area (TPSA) is 38.4 Å². The van der Waals surface area contributed by atoms with E-state index in [2.05, 4.69) is 9.98 Å². The smallest absolute Gasteiger partial charge is 0.227 e. The SMILES string of the molecule is Clc1ccc(C=CC=Nc2cccc(-c3nc4ccccc4o3)c2)cc1. The van der Waals surface area contributed by atoms with Gasteiger partial charge in [0, 0.05) is 16.8 Å². The van der Waals surface area contributed by atoms with Crippen molar-refractivity contribution >= 4 is 40.7 Å². The molecule has 0 radical (unpaired) electrons. The Morgan fingerprint density at radius 1 is 0.923 bits per heavy atom. The third kappa shape index (κ3) is 3.73. The van der Waals surface area contributed by atoms with Crippen molar-refractivity contribution < 1.29 is 4.42 Å². The first kappa shape index (κ1) is 16.3. The zero-order valence-electron chi connectivity index (χ0n) is 13.8. The molecule has 0 saturated carbocycles. The van der Waals surface area contributed by atoms with Gasteiger partial charge < -0.3 is 4.42 Å².